The number of rotatable bonds is 5. The minimum Gasteiger partial charge on any atom is -0.377 e. The molecule has 0 saturated heterocycles. The Morgan fingerprint density at radius 2 is 1.92 bits per heavy atom. The molecule has 0 bridgehead atoms. The van der Waals surface area contributed by atoms with Crippen LogP contribution < -0.4 is 0 Å². The summed E-state index contributed by atoms with van der Waals surface area (Å²) in [6.07, 6.45) is 2.36. The van der Waals surface area contributed by atoms with E-state index in [-0.39, 0.29) is 0 Å². The summed E-state index contributed by atoms with van der Waals surface area (Å²) < 4.78 is 6.77. The van der Waals surface area contributed by atoms with E-state index in [0.717, 1.165) is 19.6 Å². The van der Waals surface area contributed by atoms with Crippen molar-refractivity contribution in [1.82, 2.24) is 0 Å². The monoisotopic (exact) mass is 290 g/mol. The van der Waals surface area contributed by atoms with E-state index in [1.165, 1.54) is 15.6 Å². The van der Waals surface area contributed by atoms with Crippen LogP contribution in [0.1, 0.15) is 25.3 Å². The van der Waals surface area contributed by atoms with E-state index < -0.39 is 0 Å². The molecule has 0 aliphatic heterocycles. The lowest BCUT2D eigenvalue weighted by molar-refractivity contribution is 0.118. The molecule has 0 aliphatic rings. The lowest BCUT2D eigenvalue weighted by Gasteiger charge is -2.03. The fourth-order valence-corrected chi connectivity index (χ4v) is 1.38. The van der Waals surface area contributed by atoms with E-state index >= 15 is 0 Å². The predicted molar refractivity (Wildman–Crippen MR) is 63.7 cm³/mol. The van der Waals surface area contributed by atoms with E-state index in [9.17, 15) is 0 Å². The van der Waals surface area contributed by atoms with Gasteiger partial charge in [-0.15, -0.1) is 0 Å². The molecule has 1 aromatic carbocycles. The van der Waals surface area contributed by atoms with Gasteiger partial charge in [-0.25, -0.2) is 0 Å². The smallest absolute Gasteiger partial charge is 0.0716 e. The van der Waals surface area contributed by atoms with Crippen molar-refractivity contribution in [3.8, 4) is 0 Å². The van der Waals surface area contributed by atoms with Gasteiger partial charge in [0, 0.05) is 10.2 Å². The second kappa shape index (κ2) is 6.38. The van der Waals surface area contributed by atoms with Crippen LogP contribution in [0.25, 0.3) is 0 Å². The Morgan fingerprint density at radius 1 is 1.23 bits per heavy atom. The van der Waals surface area contributed by atoms with Crippen LogP contribution in [0.2, 0.25) is 0 Å². The minimum atomic E-state index is 0.747. The second-order valence-electron chi connectivity index (χ2n) is 3.03. The molecule has 0 saturated carbocycles. The molecule has 0 aromatic heterocycles. The summed E-state index contributed by atoms with van der Waals surface area (Å²) >= 11 is 2.31. The van der Waals surface area contributed by atoms with Crippen molar-refractivity contribution in [2.75, 3.05) is 6.61 Å². The van der Waals surface area contributed by atoms with Gasteiger partial charge >= 0.3 is 0 Å². The standard InChI is InChI=1S/C11H15IO/c1-2-3-8-13-9-10-4-6-11(12)7-5-10/h4-7H,2-3,8-9H2,1H3. The number of halogens is 1. The highest BCUT2D eigenvalue weighted by molar-refractivity contribution is 14.1. The molecule has 0 atom stereocenters. The Labute approximate surface area is 93.6 Å². The van der Waals surface area contributed by atoms with Crippen LogP contribution in [0.5, 0.6) is 0 Å². The topological polar surface area (TPSA) is 9.23 Å². The fraction of sp³-hybridized carbons (Fsp3) is 0.455. The number of ether oxygens (including phenoxy) is 1. The van der Waals surface area contributed by atoms with Gasteiger partial charge in [-0.3, -0.25) is 0 Å². The molecule has 0 heterocycles. The number of unbranched alkanes of at least 4 members (excludes halogenated alkanes) is 1. The minimum absolute atomic E-state index is 0.747. The summed E-state index contributed by atoms with van der Waals surface area (Å²) in [6, 6.07) is 8.46. The van der Waals surface area contributed by atoms with Gasteiger partial charge in [0.05, 0.1) is 6.61 Å². The summed E-state index contributed by atoms with van der Waals surface area (Å²) in [6.45, 7) is 3.80. The number of hydrogen-bond donors (Lipinski definition) is 0. The highest BCUT2D eigenvalue weighted by atomic mass is 127. The van der Waals surface area contributed by atoms with Crippen molar-refractivity contribution in [3.05, 3.63) is 33.4 Å². The van der Waals surface area contributed by atoms with E-state index in [4.69, 9.17) is 4.74 Å². The summed E-state index contributed by atoms with van der Waals surface area (Å²) in [5, 5.41) is 0. The molecule has 0 fully saturated rings. The van der Waals surface area contributed by atoms with Crippen molar-refractivity contribution >= 4 is 22.6 Å². The first-order chi connectivity index (χ1) is 6.33. The zero-order chi connectivity index (χ0) is 9.52. The van der Waals surface area contributed by atoms with Gasteiger partial charge in [-0.05, 0) is 46.7 Å². The maximum absolute atomic E-state index is 5.50. The van der Waals surface area contributed by atoms with E-state index in [1.54, 1.807) is 0 Å². The molecule has 0 radical (unpaired) electrons. The van der Waals surface area contributed by atoms with Crippen molar-refractivity contribution < 1.29 is 4.74 Å². The first-order valence-corrected chi connectivity index (χ1v) is 5.73. The average molecular weight is 290 g/mol. The molecule has 1 rings (SSSR count). The van der Waals surface area contributed by atoms with Crippen LogP contribution in [-0.4, -0.2) is 6.61 Å². The molecule has 0 N–H and O–H groups in total. The van der Waals surface area contributed by atoms with Gasteiger partial charge in [-0.2, -0.15) is 0 Å². The van der Waals surface area contributed by atoms with Gasteiger partial charge in [0.1, 0.15) is 0 Å². The third kappa shape index (κ3) is 4.62. The predicted octanol–water partition coefficient (Wildman–Crippen LogP) is 3.61. The Hall–Kier alpha value is -0.0900. The summed E-state index contributed by atoms with van der Waals surface area (Å²) in [4.78, 5) is 0. The highest BCUT2D eigenvalue weighted by Crippen LogP contribution is 2.07. The molecule has 1 aromatic rings. The van der Waals surface area contributed by atoms with Gasteiger partial charge in [0.15, 0.2) is 0 Å². The van der Waals surface area contributed by atoms with Crippen molar-refractivity contribution in [3.63, 3.8) is 0 Å². The highest BCUT2D eigenvalue weighted by Gasteiger charge is 1.92. The lowest BCUT2D eigenvalue weighted by Crippen LogP contribution is -1.94. The molecule has 0 spiro atoms. The van der Waals surface area contributed by atoms with Gasteiger partial charge in [0.25, 0.3) is 0 Å². The summed E-state index contributed by atoms with van der Waals surface area (Å²) in [5.41, 5.74) is 1.26. The molecular formula is C11H15IO. The van der Waals surface area contributed by atoms with Crippen molar-refractivity contribution in [1.29, 1.82) is 0 Å². The molecule has 72 valence electrons. The third-order valence-corrected chi connectivity index (χ3v) is 2.54. The second-order valence-corrected chi connectivity index (χ2v) is 4.28. The zero-order valence-corrected chi connectivity index (χ0v) is 10.1. The Balaban J connectivity index is 2.25. The zero-order valence-electron chi connectivity index (χ0n) is 7.92. The van der Waals surface area contributed by atoms with Gasteiger partial charge < -0.3 is 4.74 Å². The molecule has 13 heavy (non-hydrogen) atoms. The van der Waals surface area contributed by atoms with Gasteiger partial charge in [-0.1, -0.05) is 25.5 Å². The average Bonchev–Trinajstić information content (AvgIpc) is 2.15. The maximum Gasteiger partial charge on any atom is 0.0716 e. The van der Waals surface area contributed by atoms with Gasteiger partial charge in [0.2, 0.25) is 0 Å². The molecule has 0 amide bonds. The lowest BCUT2D eigenvalue weighted by atomic mass is 10.2. The SMILES string of the molecule is CCCCOCc1ccc(I)cc1. The third-order valence-electron chi connectivity index (χ3n) is 1.82. The van der Waals surface area contributed by atoms with Crippen molar-refractivity contribution in [2.24, 2.45) is 0 Å². The Kier molecular flexibility index (Phi) is 5.39. The molecule has 1 nitrogen and oxygen atoms in total. The van der Waals surface area contributed by atoms with E-state index in [1.807, 2.05) is 0 Å². The van der Waals surface area contributed by atoms with Crippen LogP contribution in [0.15, 0.2) is 24.3 Å². The number of benzene rings is 1. The van der Waals surface area contributed by atoms with Crippen LogP contribution in [-0.2, 0) is 11.3 Å². The van der Waals surface area contributed by atoms with E-state index in [0.29, 0.717) is 0 Å². The van der Waals surface area contributed by atoms with E-state index in [2.05, 4.69) is 53.8 Å². The molecular weight excluding hydrogens is 275 g/mol. The maximum atomic E-state index is 5.50. The van der Waals surface area contributed by atoms with Crippen molar-refractivity contribution in [2.45, 2.75) is 26.4 Å². The largest absolute Gasteiger partial charge is 0.377 e. The first kappa shape index (κ1) is 11.0. The van der Waals surface area contributed by atoms with Crippen LogP contribution >= 0.6 is 22.6 Å². The fourth-order valence-electron chi connectivity index (χ4n) is 1.02. The Morgan fingerprint density at radius 3 is 2.54 bits per heavy atom. The molecule has 2 heteroatoms. The quantitative estimate of drug-likeness (QED) is 0.594. The Bertz CT molecular complexity index is 230. The van der Waals surface area contributed by atoms with Crippen LogP contribution in [0.4, 0.5) is 0 Å². The first-order valence-electron chi connectivity index (χ1n) is 4.65. The number of hydrogen-bond acceptors (Lipinski definition) is 1. The summed E-state index contributed by atoms with van der Waals surface area (Å²) in [5.74, 6) is 0. The van der Waals surface area contributed by atoms with Crippen LogP contribution in [0, 0.1) is 3.57 Å². The molecule has 0 unspecified atom stereocenters. The van der Waals surface area contributed by atoms with Crippen LogP contribution in [0.3, 0.4) is 0 Å². The normalized spacial score (nSPS) is 10.3. The summed E-state index contributed by atoms with van der Waals surface area (Å²) in [7, 11) is 0. The molecule has 0 aliphatic carbocycles.